The van der Waals surface area contributed by atoms with E-state index in [1.807, 2.05) is 36.4 Å². The second kappa shape index (κ2) is 7.11. The summed E-state index contributed by atoms with van der Waals surface area (Å²) in [5.74, 6) is -0.395. The summed E-state index contributed by atoms with van der Waals surface area (Å²) in [6.07, 6.45) is 0.223. The van der Waals surface area contributed by atoms with Crippen LogP contribution >= 0.6 is 11.6 Å². The Morgan fingerprint density at radius 3 is 2.71 bits per heavy atom. The van der Waals surface area contributed by atoms with Crippen LogP contribution in [-0.2, 0) is 17.8 Å². The Balaban J connectivity index is 2.08. The topological polar surface area (TPSA) is 72.5 Å². The van der Waals surface area contributed by atoms with Gasteiger partial charge >= 0.3 is 5.97 Å². The van der Waals surface area contributed by atoms with Crippen LogP contribution in [0.2, 0.25) is 5.02 Å². The Labute approximate surface area is 128 Å². The number of ether oxygens (including phenoxy) is 1. The van der Waals surface area contributed by atoms with Crippen molar-refractivity contribution in [2.75, 3.05) is 0 Å². The number of rotatable bonds is 6. The van der Waals surface area contributed by atoms with E-state index in [4.69, 9.17) is 27.2 Å². The van der Waals surface area contributed by atoms with Crippen LogP contribution in [-0.4, -0.2) is 17.1 Å². The summed E-state index contributed by atoms with van der Waals surface area (Å²) in [7, 11) is 0. The normalized spacial score (nSPS) is 11.9. The zero-order chi connectivity index (χ0) is 15.2. The van der Waals surface area contributed by atoms with Crippen molar-refractivity contribution >= 4 is 17.6 Å². The summed E-state index contributed by atoms with van der Waals surface area (Å²) in [5.41, 5.74) is 7.29. The Bertz CT molecular complexity index is 630. The van der Waals surface area contributed by atoms with Gasteiger partial charge in [0.15, 0.2) is 0 Å². The van der Waals surface area contributed by atoms with Crippen molar-refractivity contribution in [2.24, 2.45) is 5.73 Å². The van der Waals surface area contributed by atoms with Gasteiger partial charge in [-0.05, 0) is 29.3 Å². The van der Waals surface area contributed by atoms with E-state index in [0.717, 1.165) is 11.1 Å². The average Bonchev–Trinajstić information content (AvgIpc) is 2.46. The van der Waals surface area contributed by atoms with E-state index in [9.17, 15) is 4.79 Å². The number of aliphatic carboxylic acids is 1. The molecule has 2 rings (SSSR count). The monoisotopic (exact) mass is 305 g/mol. The van der Waals surface area contributed by atoms with Gasteiger partial charge in [-0.3, -0.25) is 4.79 Å². The van der Waals surface area contributed by atoms with E-state index in [1.165, 1.54) is 0 Å². The molecule has 0 aliphatic heterocycles. The molecule has 0 amide bonds. The molecule has 2 aromatic rings. The van der Waals surface area contributed by atoms with Gasteiger partial charge in [0, 0.05) is 11.4 Å². The predicted molar refractivity (Wildman–Crippen MR) is 81.5 cm³/mol. The maximum absolute atomic E-state index is 10.9. The molecule has 21 heavy (non-hydrogen) atoms. The fraction of sp³-hybridized carbons (Fsp3) is 0.188. The molecule has 2 aromatic carbocycles. The van der Waals surface area contributed by atoms with E-state index in [2.05, 4.69) is 0 Å². The van der Waals surface area contributed by atoms with Gasteiger partial charge in [-0.25, -0.2) is 0 Å². The molecule has 0 radical (unpaired) electrons. The second-order valence-corrected chi connectivity index (χ2v) is 5.11. The Kier molecular flexibility index (Phi) is 5.20. The fourth-order valence-electron chi connectivity index (χ4n) is 1.93. The largest absolute Gasteiger partial charge is 0.489 e. The third-order valence-corrected chi connectivity index (χ3v) is 3.25. The molecule has 0 bridgehead atoms. The van der Waals surface area contributed by atoms with E-state index in [1.54, 1.807) is 12.1 Å². The predicted octanol–water partition coefficient (Wildman–Crippen LogP) is 2.87. The highest BCUT2D eigenvalue weighted by atomic mass is 35.5. The quantitative estimate of drug-likeness (QED) is 0.860. The summed E-state index contributed by atoms with van der Waals surface area (Å²) in [4.78, 5) is 10.9. The molecule has 0 unspecified atom stereocenters. The molecule has 0 aliphatic carbocycles. The first kappa shape index (κ1) is 15.4. The lowest BCUT2D eigenvalue weighted by Gasteiger charge is -2.13. The van der Waals surface area contributed by atoms with Crippen LogP contribution in [0.15, 0.2) is 48.5 Å². The van der Waals surface area contributed by atoms with Crippen molar-refractivity contribution in [3.63, 3.8) is 0 Å². The number of carboxylic acid groups (broad SMARTS) is 1. The van der Waals surface area contributed by atoms with Crippen LogP contribution in [0.25, 0.3) is 0 Å². The highest BCUT2D eigenvalue weighted by Crippen LogP contribution is 2.21. The molecule has 1 atom stereocenters. The lowest BCUT2D eigenvalue weighted by Crippen LogP contribution is -2.32. The van der Waals surface area contributed by atoms with Gasteiger partial charge in [0.25, 0.3) is 0 Å². The first-order valence-corrected chi connectivity index (χ1v) is 6.87. The number of hydrogen-bond acceptors (Lipinski definition) is 3. The molecule has 0 fully saturated rings. The first-order chi connectivity index (χ1) is 10.1. The maximum atomic E-state index is 10.9. The lowest BCUT2D eigenvalue weighted by molar-refractivity contribution is -0.138. The number of nitrogens with two attached hydrogens (primary N) is 1. The standard InChI is InChI=1S/C16H16ClNO3/c17-13-6-3-4-11(8-13)10-21-15-7-2-1-5-12(15)9-14(18)16(19)20/h1-8,14H,9-10,18H2,(H,19,20)/t14-/m1/s1. The van der Waals surface area contributed by atoms with E-state index >= 15 is 0 Å². The molecule has 0 saturated carbocycles. The van der Waals surface area contributed by atoms with E-state index in [-0.39, 0.29) is 6.42 Å². The second-order valence-electron chi connectivity index (χ2n) is 4.68. The Morgan fingerprint density at radius 2 is 2.00 bits per heavy atom. The maximum Gasteiger partial charge on any atom is 0.320 e. The molecular weight excluding hydrogens is 290 g/mol. The van der Waals surface area contributed by atoms with Gasteiger partial charge in [-0.2, -0.15) is 0 Å². The van der Waals surface area contributed by atoms with Gasteiger partial charge in [0.1, 0.15) is 18.4 Å². The molecule has 5 heteroatoms. The highest BCUT2D eigenvalue weighted by Gasteiger charge is 2.14. The van der Waals surface area contributed by atoms with Crippen LogP contribution in [0.3, 0.4) is 0 Å². The summed E-state index contributed by atoms with van der Waals surface area (Å²) >= 11 is 5.92. The van der Waals surface area contributed by atoms with Gasteiger partial charge in [0.2, 0.25) is 0 Å². The summed E-state index contributed by atoms with van der Waals surface area (Å²) < 4.78 is 5.75. The molecule has 3 N–H and O–H groups in total. The number of benzene rings is 2. The van der Waals surface area contributed by atoms with Crippen molar-refractivity contribution in [1.29, 1.82) is 0 Å². The van der Waals surface area contributed by atoms with Crippen LogP contribution in [0.1, 0.15) is 11.1 Å². The van der Waals surface area contributed by atoms with E-state index < -0.39 is 12.0 Å². The van der Waals surface area contributed by atoms with Crippen molar-refractivity contribution in [2.45, 2.75) is 19.1 Å². The number of para-hydroxylation sites is 1. The van der Waals surface area contributed by atoms with Crippen LogP contribution < -0.4 is 10.5 Å². The molecule has 110 valence electrons. The van der Waals surface area contributed by atoms with Crippen molar-refractivity contribution in [3.05, 3.63) is 64.7 Å². The molecule has 4 nitrogen and oxygen atoms in total. The minimum atomic E-state index is -1.03. The average molecular weight is 306 g/mol. The van der Waals surface area contributed by atoms with Crippen LogP contribution in [0, 0.1) is 0 Å². The van der Waals surface area contributed by atoms with Crippen LogP contribution in [0.5, 0.6) is 5.75 Å². The highest BCUT2D eigenvalue weighted by molar-refractivity contribution is 6.30. The number of halogens is 1. The molecule has 0 saturated heterocycles. The molecule has 0 aliphatic rings. The van der Waals surface area contributed by atoms with Crippen LogP contribution in [0.4, 0.5) is 0 Å². The summed E-state index contributed by atoms with van der Waals surface area (Å²) in [5, 5.41) is 9.54. The Morgan fingerprint density at radius 1 is 1.24 bits per heavy atom. The molecular formula is C16H16ClNO3. The molecule has 0 spiro atoms. The summed E-state index contributed by atoms with van der Waals surface area (Å²) in [6.45, 7) is 0.361. The van der Waals surface area contributed by atoms with Crippen molar-refractivity contribution < 1.29 is 14.6 Å². The van der Waals surface area contributed by atoms with Crippen molar-refractivity contribution in [1.82, 2.24) is 0 Å². The minimum Gasteiger partial charge on any atom is -0.489 e. The smallest absolute Gasteiger partial charge is 0.320 e. The zero-order valence-electron chi connectivity index (χ0n) is 11.3. The van der Waals surface area contributed by atoms with Gasteiger partial charge in [-0.15, -0.1) is 0 Å². The SMILES string of the molecule is N[C@H](Cc1ccccc1OCc1cccc(Cl)c1)C(=O)O. The Hall–Kier alpha value is -2.04. The van der Waals surface area contributed by atoms with Gasteiger partial charge in [-0.1, -0.05) is 41.9 Å². The number of hydrogen-bond donors (Lipinski definition) is 2. The fourth-order valence-corrected chi connectivity index (χ4v) is 2.14. The van der Waals surface area contributed by atoms with Gasteiger partial charge in [0.05, 0.1) is 0 Å². The van der Waals surface area contributed by atoms with Crippen molar-refractivity contribution in [3.8, 4) is 5.75 Å². The third-order valence-electron chi connectivity index (χ3n) is 3.01. The third kappa shape index (κ3) is 4.48. The number of carboxylic acids is 1. The number of carbonyl (C=O) groups is 1. The molecule has 0 heterocycles. The lowest BCUT2D eigenvalue weighted by atomic mass is 10.1. The minimum absolute atomic E-state index is 0.223. The molecule has 0 aromatic heterocycles. The summed E-state index contributed by atoms with van der Waals surface area (Å²) in [6, 6.07) is 13.7. The zero-order valence-corrected chi connectivity index (χ0v) is 12.1. The van der Waals surface area contributed by atoms with E-state index in [0.29, 0.717) is 17.4 Å². The van der Waals surface area contributed by atoms with Gasteiger partial charge < -0.3 is 15.6 Å². The first-order valence-electron chi connectivity index (χ1n) is 6.50.